The molecule has 1 aromatic carbocycles. The number of ether oxygens (including phenoxy) is 2. The van der Waals surface area contributed by atoms with Gasteiger partial charge in [0.15, 0.2) is 18.0 Å². The summed E-state index contributed by atoms with van der Waals surface area (Å²) in [6.07, 6.45) is 0.805. The normalized spacial score (nSPS) is 11.5. The molecule has 7 nitrogen and oxygen atoms in total. The summed E-state index contributed by atoms with van der Waals surface area (Å²) in [5.41, 5.74) is 5.73. The maximum Gasteiger partial charge on any atom is 0.293 e. The van der Waals surface area contributed by atoms with Gasteiger partial charge in [0.05, 0.1) is 27.8 Å². The largest absolute Gasteiger partial charge is 0.493 e. The van der Waals surface area contributed by atoms with Crippen molar-refractivity contribution in [2.75, 3.05) is 34.4 Å². The van der Waals surface area contributed by atoms with Crippen molar-refractivity contribution in [3.05, 3.63) is 23.8 Å². The highest BCUT2D eigenvalue weighted by atomic mass is 16.5. The molecule has 0 heterocycles. The Morgan fingerprint density at radius 3 is 2.41 bits per heavy atom. The van der Waals surface area contributed by atoms with E-state index in [0.717, 1.165) is 23.4 Å². The van der Waals surface area contributed by atoms with Crippen LogP contribution in [0.3, 0.4) is 0 Å². The zero-order valence-corrected chi connectivity index (χ0v) is 13.5. The summed E-state index contributed by atoms with van der Waals surface area (Å²) < 4.78 is 10.5. The van der Waals surface area contributed by atoms with E-state index in [1.807, 2.05) is 25.2 Å². The van der Waals surface area contributed by atoms with Gasteiger partial charge < -0.3 is 14.4 Å². The molecule has 122 valence electrons. The molecule has 0 saturated heterocycles. The van der Waals surface area contributed by atoms with Gasteiger partial charge >= 0.3 is 0 Å². The predicted molar refractivity (Wildman–Crippen MR) is 81.8 cm³/mol. The second kappa shape index (κ2) is 8.89. The Hall–Kier alpha value is -2.28. The topological polar surface area (TPSA) is 81.1 Å². The Bertz CT molecular complexity index is 520. The van der Waals surface area contributed by atoms with Gasteiger partial charge in [-0.1, -0.05) is 6.07 Å². The van der Waals surface area contributed by atoms with E-state index in [1.54, 1.807) is 14.2 Å². The molecule has 0 aromatic heterocycles. The number of hydrazine groups is 1. The fourth-order valence-electron chi connectivity index (χ4n) is 1.96. The van der Waals surface area contributed by atoms with Gasteiger partial charge in [0.2, 0.25) is 5.91 Å². The van der Waals surface area contributed by atoms with Crippen LogP contribution in [0, 0.1) is 0 Å². The van der Waals surface area contributed by atoms with Crippen LogP contribution >= 0.6 is 0 Å². The van der Waals surface area contributed by atoms with Crippen LogP contribution in [0.5, 0.6) is 11.5 Å². The smallest absolute Gasteiger partial charge is 0.293 e. The van der Waals surface area contributed by atoms with Gasteiger partial charge in [-0.15, -0.1) is 0 Å². The summed E-state index contributed by atoms with van der Waals surface area (Å²) in [6.45, 7) is 2.41. The van der Waals surface area contributed by atoms with Crippen molar-refractivity contribution in [2.45, 2.75) is 13.3 Å². The van der Waals surface area contributed by atoms with E-state index >= 15 is 0 Å². The molecule has 2 amide bonds. The molecule has 22 heavy (non-hydrogen) atoms. The number of hydrogen-bond acceptors (Lipinski definition) is 4. The van der Waals surface area contributed by atoms with E-state index in [-0.39, 0.29) is 18.4 Å². The summed E-state index contributed by atoms with van der Waals surface area (Å²) in [6, 6.07) is 5.78. The Morgan fingerprint density at radius 2 is 1.82 bits per heavy atom. The minimum atomic E-state index is -0.295. The molecule has 0 saturated carbocycles. The summed E-state index contributed by atoms with van der Waals surface area (Å²) in [7, 11) is 5.13. The maximum absolute atomic E-state index is 11.6. The summed E-state index contributed by atoms with van der Waals surface area (Å²) in [5, 5.41) is 0. The lowest BCUT2D eigenvalue weighted by molar-refractivity contribution is -0.871. The first kappa shape index (κ1) is 17.8. The van der Waals surface area contributed by atoms with Crippen molar-refractivity contribution in [3.8, 4) is 11.5 Å². The van der Waals surface area contributed by atoms with E-state index in [4.69, 9.17) is 9.47 Å². The van der Waals surface area contributed by atoms with Crippen LogP contribution in [0.4, 0.5) is 0 Å². The van der Waals surface area contributed by atoms with Crippen LogP contribution in [0.2, 0.25) is 0 Å². The van der Waals surface area contributed by atoms with Gasteiger partial charge in [0, 0.05) is 13.3 Å². The van der Waals surface area contributed by atoms with Crippen molar-refractivity contribution in [3.63, 3.8) is 0 Å². The lowest BCUT2D eigenvalue weighted by Crippen LogP contribution is -3.10. The van der Waals surface area contributed by atoms with Crippen LogP contribution in [0.1, 0.15) is 12.5 Å². The number of hydrogen-bond donors (Lipinski definition) is 3. The number of nitrogens with one attached hydrogen (secondary N) is 3. The van der Waals surface area contributed by atoms with Crippen LogP contribution in [-0.4, -0.2) is 46.2 Å². The lowest BCUT2D eigenvalue weighted by Gasteiger charge is -2.14. The van der Waals surface area contributed by atoms with E-state index in [9.17, 15) is 9.59 Å². The molecule has 0 aliphatic rings. The SMILES string of the molecule is COc1ccc(CC[NH+](C)CC(=O)NNC(C)=O)cc1OC. The Morgan fingerprint density at radius 1 is 1.14 bits per heavy atom. The first-order valence-electron chi connectivity index (χ1n) is 7.04. The number of methoxy groups -OCH3 is 2. The number of benzene rings is 1. The van der Waals surface area contributed by atoms with Gasteiger partial charge in [-0.05, 0) is 17.7 Å². The van der Waals surface area contributed by atoms with Crippen molar-refractivity contribution in [1.82, 2.24) is 10.9 Å². The Labute approximate surface area is 130 Å². The fourth-order valence-corrected chi connectivity index (χ4v) is 1.96. The van der Waals surface area contributed by atoms with Crippen molar-refractivity contribution < 1.29 is 24.0 Å². The minimum Gasteiger partial charge on any atom is -0.493 e. The summed E-state index contributed by atoms with van der Waals surface area (Å²) >= 11 is 0. The second-order valence-corrected chi connectivity index (χ2v) is 5.05. The molecular formula is C15H24N3O4+. The quantitative estimate of drug-likeness (QED) is 0.560. The number of carbonyl (C=O) groups is 2. The molecule has 3 N–H and O–H groups in total. The molecule has 0 radical (unpaired) electrons. The zero-order valence-electron chi connectivity index (χ0n) is 13.5. The van der Waals surface area contributed by atoms with Crippen molar-refractivity contribution in [2.24, 2.45) is 0 Å². The van der Waals surface area contributed by atoms with Crippen molar-refractivity contribution >= 4 is 11.8 Å². The van der Waals surface area contributed by atoms with Gasteiger partial charge in [-0.2, -0.15) is 0 Å². The van der Waals surface area contributed by atoms with E-state index in [2.05, 4.69) is 10.9 Å². The van der Waals surface area contributed by atoms with Gasteiger partial charge in [0.1, 0.15) is 0 Å². The van der Waals surface area contributed by atoms with Gasteiger partial charge in [-0.25, -0.2) is 0 Å². The van der Waals surface area contributed by atoms with Crippen LogP contribution in [-0.2, 0) is 16.0 Å². The number of amides is 2. The predicted octanol–water partition coefficient (Wildman–Crippen LogP) is -1.07. The standard InChI is InChI=1S/C15H23N3O4/c1-11(19)16-17-15(20)10-18(2)8-7-12-5-6-13(21-3)14(9-12)22-4/h5-6,9H,7-8,10H2,1-4H3,(H,16,19)(H,17,20)/p+1. The molecule has 1 atom stereocenters. The third-order valence-corrected chi connectivity index (χ3v) is 3.13. The molecular weight excluding hydrogens is 286 g/mol. The number of likely N-dealkylation sites (N-methyl/N-ethyl adjacent to an activating group) is 1. The molecule has 0 spiro atoms. The lowest BCUT2D eigenvalue weighted by atomic mass is 10.1. The second-order valence-electron chi connectivity index (χ2n) is 5.05. The molecule has 0 fully saturated rings. The van der Waals surface area contributed by atoms with Crippen molar-refractivity contribution in [1.29, 1.82) is 0 Å². The third kappa shape index (κ3) is 6.01. The molecule has 0 aliphatic carbocycles. The summed E-state index contributed by atoms with van der Waals surface area (Å²) in [4.78, 5) is 23.3. The average molecular weight is 310 g/mol. The number of quaternary nitrogens is 1. The molecule has 1 unspecified atom stereocenters. The van der Waals surface area contributed by atoms with Crippen LogP contribution < -0.4 is 25.2 Å². The fraction of sp³-hybridized carbons (Fsp3) is 0.467. The highest BCUT2D eigenvalue weighted by molar-refractivity contribution is 5.81. The van der Waals surface area contributed by atoms with E-state index in [0.29, 0.717) is 11.5 Å². The third-order valence-electron chi connectivity index (χ3n) is 3.13. The molecule has 0 bridgehead atoms. The summed E-state index contributed by atoms with van der Waals surface area (Å²) in [5.74, 6) is 0.874. The monoisotopic (exact) mass is 310 g/mol. The first-order valence-corrected chi connectivity index (χ1v) is 7.04. The van der Waals surface area contributed by atoms with E-state index < -0.39 is 0 Å². The highest BCUT2D eigenvalue weighted by Crippen LogP contribution is 2.27. The first-order chi connectivity index (χ1) is 10.5. The highest BCUT2D eigenvalue weighted by Gasteiger charge is 2.11. The van der Waals surface area contributed by atoms with Gasteiger partial charge in [0.25, 0.3) is 5.91 Å². The Kier molecular flexibility index (Phi) is 7.18. The molecule has 1 aromatic rings. The molecule has 0 aliphatic heterocycles. The number of rotatable bonds is 7. The number of carbonyl (C=O) groups excluding carboxylic acids is 2. The average Bonchev–Trinajstić information content (AvgIpc) is 2.50. The van der Waals surface area contributed by atoms with Crippen LogP contribution in [0.25, 0.3) is 0 Å². The maximum atomic E-state index is 11.6. The van der Waals surface area contributed by atoms with E-state index in [1.165, 1.54) is 6.92 Å². The Balaban J connectivity index is 2.45. The molecule has 1 rings (SSSR count). The van der Waals surface area contributed by atoms with Crippen LogP contribution in [0.15, 0.2) is 18.2 Å². The zero-order chi connectivity index (χ0) is 16.5. The molecule has 7 heteroatoms. The minimum absolute atomic E-state index is 0.222. The van der Waals surface area contributed by atoms with Gasteiger partial charge in [-0.3, -0.25) is 20.4 Å².